The Morgan fingerprint density at radius 3 is 1.72 bits per heavy atom. The summed E-state index contributed by atoms with van der Waals surface area (Å²) < 4.78 is 22.5. The molecule has 2 aromatic rings. The van der Waals surface area contributed by atoms with Gasteiger partial charge in [0.05, 0.1) is 6.04 Å². The molecule has 0 spiro atoms. The Balaban J connectivity index is -0.000000626. The van der Waals surface area contributed by atoms with E-state index in [1.807, 2.05) is 48.7 Å². The van der Waals surface area contributed by atoms with Gasteiger partial charge in [0.1, 0.15) is 0 Å². The number of nitrogens with zero attached hydrogens (tertiary/aromatic N) is 1. The van der Waals surface area contributed by atoms with E-state index in [0.717, 1.165) is 0 Å². The van der Waals surface area contributed by atoms with Crippen molar-refractivity contribution in [3.63, 3.8) is 0 Å². The maximum atomic E-state index is 7.50. The van der Waals surface area contributed by atoms with E-state index in [0.29, 0.717) is 0 Å². The Hall–Kier alpha value is -2.41. The summed E-state index contributed by atoms with van der Waals surface area (Å²) in [5.74, 6) is 0. The second-order valence-electron chi connectivity index (χ2n) is 4.15. The van der Waals surface area contributed by atoms with E-state index in [4.69, 9.17) is 14.0 Å². The summed E-state index contributed by atoms with van der Waals surface area (Å²) in [6.07, 6.45) is 5.90. The summed E-state index contributed by atoms with van der Waals surface area (Å²) in [5, 5.41) is 0. The van der Waals surface area contributed by atoms with Crippen LogP contribution in [0.5, 0.6) is 0 Å². The van der Waals surface area contributed by atoms with Crippen LogP contribution in [0.25, 0.3) is 6.08 Å². The zero-order chi connectivity index (χ0) is 18.6. The van der Waals surface area contributed by atoms with Crippen LogP contribution in [0.15, 0.2) is 71.7 Å². The van der Waals surface area contributed by atoms with Crippen molar-refractivity contribution in [3.05, 3.63) is 97.8 Å². The van der Waals surface area contributed by atoms with Gasteiger partial charge in [-0.3, -0.25) is 4.99 Å². The normalized spacial score (nSPS) is 9.72. The van der Waals surface area contributed by atoms with Crippen LogP contribution >= 0.6 is 0 Å². The molecule has 0 N–H and O–H groups in total. The molecular weight excluding hydrogens is 358 g/mol. The molecule has 0 saturated carbocycles. The zero-order valence-electron chi connectivity index (χ0n) is 13.6. The Labute approximate surface area is 159 Å². The first-order valence-electron chi connectivity index (χ1n) is 6.77. The van der Waals surface area contributed by atoms with Crippen LogP contribution in [-0.2, 0) is 31.0 Å². The van der Waals surface area contributed by atoms with Gasteiger partial charge in [0.2, 0.25) is 0 Å². The number of aliphatic imine (C=N–C) groups is 1. The van der Waals surface area contributed by atoms with Crippen LogP contribution in [0.1, 0.15) is 24.1 Å². The fraction of sp³-hybridized carbons (Fsp3) is 0.100. The predicted molar refractivity (Wildman–Crippen MR) is 90.6 cm³/mol. The van der Waals surface area contributed by atoms with Crippen molar-refractivity contribution in [2.75, 3.05) is 0 Å². The summed E-state index contributed by atoms with van der Waals surface area (Å²) in [4.78, 5) is 4.50. The van der Waals surface area contributed by atoms with Crippen molar-refractivity contribution in [3.8, 4) is 0 Å². The molecule has 0 aliphatic rings. The third kappa shape index (κ3) is 13.7. The quantitative estimate of drug-likeness (QED) is 0.329. The van der Waals surface area contributed by atoms with E-state index < -0.39 is 0 Å². The molecule has 0 aromatic heterocycles. The van der Waals surface area contributed by atoms with Crippen molar-refractivity contribution in [2.24, 2.45) is 4.99 Å². The van der Waals surface area contributed by atoms with Gasteiger partial charge in [-0.2, -0.15) is 0 Å². The first kappa shape index (κ1) is 27.4. The Kier molecular flexibility index (Phi) is 23.7. The molecule has 0 bridgehead atoms. The molecule has 0 saturated heterocycles. The fourth-order valence-corrected chi connectivity index (χ4v) is 1.71. The Morgan fingerprint density at radius 1 is 0.800 bits per heavy atom. The third-order valence-electron chi connectivity index (χ3n) is 2.77. The minimum atomic E-state index is 0. The molecule has 0 aliphatic carbocycles. The standard InChI is InChI=1S/C17H17N.3CO.Fe/c1-15(17-12-6-3-7-13-17)18-14-8-11-16-9-4-2-5-10-16;3*1-2;/h2-15H,1H3;;;;/b11-8+,18-14?;;;;. The van der Waals surface area contributed by atoms with Crippen molar-refractivity contribution in [1.82, 2.24) is 0 Å². The molecule has 2 aromatic carbocycles. The van der Waals surface area contributed by atoms with Crippen molar-refractivity contribution >= 4 is 12.3 Å². The van der Waals surface area contributed by atoms with Gasteiger partial charge in [-0.1, -0.05) is 66.7 Å². The molecule has 0 radical (unpaired) electrons. The van der Waals surface area contributed by atoms with Gasteiger partial charge in [0.25, 0.3) is 0 Å². The smallest absolute Gasteiger partial charge is 0 e. The van der Waals surface area contributed by atoms with Gasteiger partial charge in [-0.25, -0.2) is 0 Å². The predicted octanol–water partition coefficient (Wildman–Crippen LogP) is 4.42. The molecule has 0 heterocycles. The summed E-state index contributed by atoms with van der Waals surface area (Å²) >= 11 is 0. The average molecular weight is 375 g/mol. The summed E-state index contributed by atoms with van der Waals surface area (Å²) in [6.45, 7) is 15.6. The van der Waals surface area contributed by atoms with Crippen LogP contribution in [0, 0.1) is 20.0 Å². The molecular formula is C20H17FeNO3. The minimum Gasteiger partial charge on any atom is 0 e. The Bertz CT molecular complexity index is 633. The molecule has 0 aliphatic heterocycles. The largest absolute Gasteiger partial charge is 0 e. The molecule has 0 fully saturated rings. The van der Waals surface area contributed by atoms with Crippen molar-refractivity contribution in [2.45, 2.75) is 13.0 Å². The Morgan fingerprint density at radius 2 is 1.24 bits per heavy atom. The summed E-state index contributed by atoms with van der Waals surface area (Å²) in [6, 6.07) is 20.7. The monoisotopic (exact) mass is 375 g/mol. The summed E-state index contributed by atoms with van der Waals surface area (Å²) in [5.41, 5.74) is 2.43. The van der Waals surface area contributed by atoms with Gasteiger partial charge >= 0.3 is 33.9 Å². The van der Waals surface area contributed by atoms with Gasteiger partial charge < -0.3 is 0 Å². The SMILES string of the molecule is CC(N=C/C=C/c1ccccc1)c1ccccc1.[C-]#[O+].[C-]#[O+].[C-]#[O+].[Fe]. The minimum absolute atomic E-state index is 0. The van der Waals surface area contributed by atoms with Crippen LogP contribution in [0.4, 0.5) is 0 Å². The number of hydrogen-bond acceptors (Lipinski definition) is 1. The van der Waals surface area contributed by atoms with Crippen LogP contribution < -0.4 is 0 Å². The maximum Gasteiger partial charge on any atom is 0 e. The van der Waals surface area contributed by atoms with E-state index in [2.05, 4.69) is 62.2 Å². The van der Waals surface area contributed by atoms with E-state index in [9.17, 15) is 0 Å². The first-order valence-corrected chi connectivity index (χ1v) is 6.77. The van der Waals surface area contributed by atoms with E-state index in [1.165, 1.54) is 11.1 Å². The van der Waals surface area contributed by atoms with E-state index >= 15 is 0 Å². The maximum absolute atomic E-state index is 7.50. The second kappa shape index (κ2) is 21.6. The van der Waals surface area contributed by atoms with Gasteiger partial charge in [0.15, 0.2) is 0 Å². The molecule has 4 nitrogen and oxygen atoms in total. The zero-order valence-corrected chi connectivity index (χ0v) is 14.7. The first-order chi connectivity index (χ1) is 11.9. The molecule has 1 unspecified atom stereocenters. The van der Waals surface area contributed by atoms with Crippen LogP contribution in [0.2, 0.25) is 0 Å². The average Bonchev–Trinajstić information content (AvgIpc) is 2.71. The molecule has 2 rings (SSSR count). The van der Waals surface area contributed by atoms with E-state index in [1.54, 1.807) is 0 Å². The number of rotatable bonds is 4. The van der Waals surface area contributed by atoms with Crippen molar-refractivity contribution in [1.29, 1.82) is 0 Å². The number of hydrogen-bond donors (Lipinski definition) is 0. The molecule has 1 atom stereocenters. The van der Waals surface area contributed by atoms with Crippen LogP contribution in [0.3, 0.4) is 0 Å². The van der Waals surface area contributed by atoms with Gasteiger partial charge in [-0.05, 0) is 24.1 Å². The summed E-state index contributed by atoms with van der Waals surface area (Å²) in [7, 11) is 0. The topological polar surface area (TPSA) is 72.1 Å². The van der Waals surface area contributed by atoms with Gasteiger partial charge in [-0.15, -0.1) is 0 Å². The fourth-order valence-electron chi connectivity index (χ4n) is 1.71. The molecule has 25 heavy (non-hydrogen) atoms. The third-order valence-corrected chi connectivity index (χ3v) is 2.77. The number of allylic oxidation sites excluding steroid dienone is 1. The molecule has 5 heteroatoms. The molecule has 0 amide bonds. The van der Waals surface area contributed by atoms with Crippen molar-refractivity contribution < 1.29 is 31.0 Å². The van der Waals surface area contributed by atoms with Crippen LogP contribution in [-0.4, -0.2) is 6.21 Å². The second-order valence-corrected chi connectivity index (χ2v) is 4.15. The molecule has 128 valence electrons. The van der Waals surface area contributed by atoms with Gasteiger partial charge in [0, 0.05) is 23.3 Å². The number of benzene rings is 2. The van der Waals surface area contributed by atoms with E-state index in [-0.39, 0.29) is 23.1 Å².